The molecule has 3 atom stereocenters. The predicted molar refractivity (Wildman–Crippen MR) is 78.9 cm³/mol. The zero-order valence-electron chi connectivity index (χ0n) is 12.2. The standard InChI is InChI=1S/C15H20ClNO4/c1-3-15(20-9-19-2,10-6-4-5-7-12(10)16)11-8-13(11)21-14(17)18/h4-7,11,13H,3,8-9H2,1-2H3,(H2,17,18)/t11-,13?,15+/m1/s1. The van der Waals surface area contributed by atoms with E-state index < -0.39 is 11.7 Å². The minimum Gasteiger partial charge on any atom is -0.446 e. The number of carbonyl (C=O) groups is 1. The van der Waals surface area contributed by atoms with E-state index in [1.54, 1.807) is 7.11 Å². The van der Waals surface area contributed by atoms with Crippen molar-refractivity contribution in [2.75, 3.05) is 13.9 Å². The number of methoxy groups -OCH3 is 1. The van der Waals surface area contributed by atoms with E-state index in [0.717, 1.165) is 5.56 Å². The van der Waals surface area contributed by atoms with Gasteiger partial charge < -0.3 is 19.9 Å². The lowest BCUT2D eigenvalue weighted by Gasteiger charge is -2.34. The maximum Gasteiger partial charge on any atom is 0.404 e. The summed E-state index contributed by atoms with van der Waals surface area (Å²) in [4.78, 5) is 10.9. The summed E-state index contributed by atoms with van der Waals surface area (Å²) in [5.41, 5.74) is 5.33. The zero-order valence-corrected chi connectivity index (χ0v) is 12.9. The van der Waals surface area contributed by atoms with Gasteiger partial charge in [-0.3, -0.25) is 0 Å². The molecule has 1 amide bonds. The lowest BCUT2D eigenvalue weighted by Crippen LogP contribution is -2.35. The van der Waals surface area contributed by atoms with Gasteiger partial charge in [0.2, 0.25) is 0 Å². The molecule has 1 aromatic rings. The van der Waals surface area contributed by atoms with Crippen molar-refractivity contribution in [3.63, 3.8) is 0 Å². The fourth-order valence-corrected chi connectivity index (χ4v) is 3.15. The van der Waals surface area contributed by atoms with Gasteiger partial charge in [-0.25, -0.2) is 4.79 Å². The minimum atomic E-state index is -0.765. The second-order valence-electron chi connectivity index (χ2n) is 5.09. The Morgan fingerprint density at radius 3 is 2.76 bits per heavy atom. The second kappa shape index (κ2) is 6.64. The summed E-state index contributed by atoms with van der Waals surface area (Å²) in [5, 5.41) is 0.625. The first kappa shape index (κ1) is 16.1. The molecule has 0 spiro atoms. The molecule has 1 aliphatic rings. The summed E-state index contributed by atoms with van der Waals surface area (Å²) < 4.78 is 16.1. The highest BCUT2D eigenvalue weighted by Crippen LogP contribution is 2.53. The van der Waals surface area contributed by atoms with Crippen molar-refractivity contribution in [1.29, 1.82) is 0 Å². The summed E-state index contributed by atoms with van der Waals surface area (Å²) >= 11 is 6.34. The summed E-state index contributed by atoms with van der Waals surface area (Å²) in [5.74, 6) is 0.0186. The Bertz CT molecular complexity index is 510. The normalized spacial score (nSPS) is 23.4. The molecule has 116 valence electrons. The Kier molecular flexibility index (Phi) is 5.08. The molecule has 1 saturated carbocycles. The molecule has 0 aromatic heterocycles. The van der Waals surface area contributed by atoms with Crippen molar-refractivity contribution in [2.24, 2.45) is 11.7 Å². The highest BCUT2D eigenvalue weighted by Gasteiger charge is 2.56. The first-order valence-electron chi connectivity index (χ1n) is 6.89. The van der Waals surface area contributed by atoms with E-state index in [9.17, 15) is 4.79 Å². The molecule has 21 heavy (non-hydrogen) atoms. The Hall–Kier alpha value is -1.30. The monoisotopic (exact) mass is 313 g/mol. The van der Waals surface area contributed by atoms with Gasteiger partial charge in [0.15, 0.2) is 0 Å². The van der Waals surface area contributed by atoms with Gasteiger partial charge in [0.05, 0.1) is 0 Å². The lowest BCUT2D eigenvalue weighted by atomic mass is 9.85. The van der Waals surface area contributed by atoms with Crippen LogP contribution in [-0.2, 0) is 19.8 Å². The molecule has 6 heteroatoms. The SMILES string of the molecule is CC[C@](OCOC)(c1ccccc1Cl)[C@@H]1CC1OC(N)=O. The fraction of sp³-hybridized carbons (Fsp3) is 0.533. The molecule has 5 nitrogen and oxygen atoms in total. The van der Waals surface area contributed by atoms with E-state index in [0.29, 0.717) is 17.9 Å². The molecule has 0 bridgehead atoms. The first-order chi connectivity index (χ1) is 10.0. The molecule has 1 aliphatic carbocycles. The molecule has 0 radical (unpaired) electrons. The summed E-state index contributed by atoms with van der Waals surface area (Å²) in [7, 11) is 1.57. The maximum absolute atomic E-state index is 10.9. The third-order valence-electron chi connectivity index (χ3n) is 3.89. The average molecular weight is 314 g/mol. The van der Waals surface area contributed by atoms with Gasteiger partial charge in [-0.2, -0.15) is 0 Å². The third-order valence-corrected chi connectivity index (χ3v) is 4.22. The lowest BCUT2D eigenvalue weighted by molar-refractivity contribution is -0.153. The van der Waals surface area contributed by atoms with E-state index in [2.05, 4.69) is 0 Å². The molecule has 1 aromatic carbocycles. The fourth-order valence-electron chi connectivity index (χ4n) is 2.85. The Morgan fingerprint density at radius 1 is 1.48 bits per heavy atom. The number of primary amides is 1. The van der Waals surface area contributed by atoms with Crippen LogP contribution >= 0.6 is 11.6 Å². The quantitative estimate of drug-likeness (QED) is 0.785. The largest absolute Gasteiger partial charge is 0.446 e. The van der Waals surface area contributed by atoms with Gasteiger partial charge in [-0.1, -0.05) is 36.7 Å². The number of nitrogens with two attached hydrogens (primary N) is 1. The minimum absolute atomic E-state index is 0.0186. The van der Waals surface area contributed by atoms with Crippen molar-refractivity contribution in [1.82, 2.24) is 0 Å². The first-order valence-corrected chi connectivity index (χ1v) is 7.27. The topological polar surface area (TPSA) is 70.8 Å². The van der Waals surface area contributed by atoms with Crippen LogP contribution in [0.15, 0.2) is 24.3 Å². The van der Waals surface area contributed by atoms with Crippen LogP contribution < -0.4 is 5.73 Å². The third kappa shape index (κ3) is 3.31. The molecule has 2 rings (SSSR count). The van der Waals surface area contributed by atoms with Gasteiger partial charge in [0.1, 0.15) is 18.5 Å². The van der Waals surface area contributed by atoms with Crippen LogP contribution in [-0.4, -0.2) is 26.1 Å². The van der Waals surface area contributed by atoms with Crippen LogP contribution in [0.3, 0.4) is 0 Å². The van der Waals surface area contributed by atoms with Crippen molar-refractivity contribution in [3.05, 3.63) is 34.9 Å². The number of hydrogen-bond donors (Lipinski definition) is 1. The number of ether oxygens (including phenoxy) is 3. The molecular formula is C15H20ClNO4. The van der Waals surface area contributed by atoms with Crippen LogP contribution in [0.2, 0.25) is 5.02 Å². The van der Waals surface area contributed by atoms with E-state index in [1.807, 2.05) is 31.2 Å². The van der Waals surface area contributed by atoms with Crippen molar-refractivity contribution >= 4 is 17.7 Å². The summed E-state index contributed by atoms with van der Waals surface area (Å²) in [6.07, 6.45) is 0.378. The molecular weight excluding hydrogens is 294 g/mol. The van der Waals surface area contributed by atoms with Gasteiger partial charge in [0.25, 0.3) is 0 Å². The molecule has 0 saturated heterocycles. The highest BCUT2D eigenvalue weighted by atomic mass is 35.5. The molecule has 2 N–H and O–H groups in total. The predicted octanol–water partition coefficient (Wildman–Crippen LogP) is 3.05. The van der Waals surface area contributed by atoms with Crippen molar-refractivity contribution in [3.8, 4) is 0 Å². The number of rotatable bonds is 7. The van der Waals surface area contributed by atoms with Gasteiger partial charge in [-0.15, -0.1) is 0 Å². The van der Waals surface area contributed by atoms with E-state index >= 15 is 0 Å². The summed E-state index contributed by atoms with van der Waals surface area (Å²) in [6, 6.07) is 7.53. The summed E-state index contributed by atoms with van der Waals surface area (Å²) in [6.45, 7) is 2.15. The van der Waals surface area contributed by atoms with Crippen molar-refractivity contribution < 1.29 is 19.0 Å². The zero-order chi connectivity index (χ0) is 15.5. The van der Waals surface area contributed by atoms with Crippen LogP contribution in [0.25, 0.3) is 0 Å². The number of carbonyl (C=O) groups excluding carboxylic acids is 1. The van der Waals surface area contributed by atoms with Gasteiger partial charge in [0, 0.05) is 23.6 Å². The second-order valence-corrected chi connectivity index (χ2v) is 5.50. The maximum atomic E-state index is 10.9. The Labute approximate surface area is 129 Å². The van der Waals surface area contributed by atoms with Crippen LogP contribution in [0.4, 0.5) is 4.79 Å². The Morgan fingerprint density at radius 2 is 2.19 bits per heavy atom. The smallest absolute Gasteiger partial charge is 0.404 e. The average Bonchev–Trinajstić information content (AvgIpc) is 3.20. The van der Waals surface area contributed by atoms with E-state index in [-0.39, 0.29) is 18.8 Å². The van der Waals surface area contributed by atoms with E-state index in [4.69, 9.17) is 31.5 Å². The number of halogens is 1. The highest BCUT2D eigenvalue weighted by molar-refractivity contribution is 6.31. The number of hydrogen-bond acceptors (Lipinski definition) is 4. The van der Waals surface area contributed by atoms with Crippen LogP contribution in [0.1, 0.15) is 25.3 Å². The van der Waals surface area contributed by atoms with Crippen LogP contribution in [0, 0.1) is 5.92 Å². The van der Waals surface area contributed by atoms with Crippen LogP contribution in [0.5, 0.6) is 0 Å². The van der Waals surface area contributed by atoms with Gasteiger partial charge in [-0.05, 0) is 18.9 Å². The molecule has 1 fully saturated rings. The van der Waals surface area contributed by atoms with Gasteiger partial charge >= 0.3 is 6.09 Å². The molecule has 0 aliphatic heterocycles. The van der Waals surface area contributed by atoms with E-state index in [1.165, 1.54) is 0 Å². The number of amides is 1. The number of benzene rings is 1. The Balaban J connectivity index is 2.31. The van der Waals surface area contributed by atoms with Crippen molar-refractivity contribution in [2.45, 2.75) is 31.5 Å². The molecule has 1 unspecified atom stereocenters. The molecule has 0 heterocycles.